The summed E-state index contributed by atoms with van der Waals surface area (Å²) in [5.74, 6) is 0.945. The van der Waals surface area contributed by atoms with E-state index >= 15 is 0 Å². The topological polar surface area (TPSA) is 24.5 Å². The van der Waals surface area contributed by atoms with Gasteiger partial charge < -0.3 is 10.1 Å². The van der Waals surface area contributed by atoms with Crippen LogP contribution in [-0.2, 0) is 0 Å². The van der Waals surface area contributed by atoms with Gasteiger partial charge in [-0.3, -0.25) is 4.90 Å². The molecular formula is C20H26N2O. The molecule has 1 aliphatic heterocycles. The van der Waals surface area contributed by atoms with Gasteiger partial charge in [-0.05, 0) is 43.1 Å². The van der Waals surface area contributed by atoms with Crippen molar-refractivity contribution in [1.29, 1.82) is 0 Å². The number of ether oxygens (including phenoxy) is 1. The number of nitrogens with zero attached hydrogens (tertiary/aromatic N) is 1. The standard InChI is InChI=1S/C20H26N2O/c1-2-23-19-11-9-18(10-12-19)20(17-7-4-3-5-8-17)22-15-6-13-21-14-16-22/h3-5,7-12,20-21H,2,6,13-16H2,1H3. The first kappa shape index (κ1) is 16.0. The molecule has 0 radical (unpaired) electrons. The quantitative estimate of drug-likeness (QED) is 0.915. The summed E-state index contributed by atoms with van der Waals surface area (Å²) >= 11 is 0. The van der Waals surface area contributed by atoms with Crippen LogP contribution in [0.2, 0.25) is 0 Å². The van der Waals surface area contributed by atoms with Gasteiger partial charge in [0.15, 0.2) is 0 Å². The van der Waals surface area contributed by atoms with Gasteiger partial charge in [0.2, 0.25) is 0 Å². The maximum atomic E-state index is 5.59. The molecule has 122 valence electrons. The highest BCUT2D eigenvalue weighted by Crippen LogP contribution is 2.30. The van der Waals surface area contributed by atoms with Crippen molar-refractivity contribution in [2.75, 3.05) is 32.8 Å². The minimum atomic E-state index is 0.312. The molecule has 1 heterocycles. The van der Waals surface area contributed by atoms with Crippen LogP contribution in [0.15, 0.2) is 54.6 Å². The number of hydrogen-bond donors (Lipinski definition) is 1. The average molecular weight is 310 g/mol. The van der Waals surface area contributed by atoms with Crippen LogP contribution in [0.3, 0.4) is 0 Å². The fourth-order valence-corrected chi connectivity index (χ4v) is 3.29. The molecule has 1 saturated heterocycles. The molecule has 2 aromatic rings. The number of nitrogens with one attached hydrogen (secondary N) is 1. The van der Waals surface area contributed by atoms with E-state index in [1.165, 1.54) is 17.5 Å². The Morgan fingerprint density at radius 3 is 2.43 bits per heavy atom. The third-order valence-corrected chi connectivity index (χ3v) is 4.36. The first-order valence-electron chi connectivity index (χ1n) is 8.61. The zero-order chi connectivity index (χ0) is 15.9. The van der Waals surface area contributed by atoms with Crippen molar-refractivity contribution in [2.24, 2.45) is 0 Å². The molecular weight excluding hydrogens is 284 g/mol. The highest BCUT2D eigenvalue weighted by Gasteiger charge is 2.23. The largest absolute Gasteiger partial charge is 0.494 e. The number of hydrogen-bond acceptors (Lipinski definition) is 3. The van der Waals surface area contributed by atoms with E-state index in [2.05, 4.69) is 64.8 Å². The summed E-state index contributed by atoms with van der Waals surface area (Å²) in [6.45, 7) is 7.10. The molecule has 3 nitrogen and oxygen atoms in total. The molecule has 0 bridgehead atoms. The lowest BCUT2D eigenvalue weighted by atomic mass is 9.96. The molecule has 1 aliphatic rings. The van der Waals surface area contributed by atoms with Gasteiger partial charge in [0, 0.05) is 19.6 Å². The molecule has 1 fully saturated rings. The number of benzene rings is 2. The average Bonchev–Trinajstić information content (AvgIpc) is 2.87. The molecule has 0 spiro atoms. The first-order chi connectivity index (χ1) is 11.4. The SMILES string of the molecule is CCOc1ccc(C(c2ccccc2)N2CCCNCC2)cc1. The molecule has 0 aromatic heterocycles. The molecule has 3 rings (SSSR count). The number of rotatable bonds is 5. The van der Waals surface area contributed by atoms with Crippen LogP contribution in [-0.4, -0.2) is 37.7 Å². The lowest BCUT2D eigenvalue weighted by molar-refractivity contribution is 0.241. The van der Waals surface area contributed by atoms with Crippen molar-refractivity contribution in [3.63, 3.8) is 0 Å². The zero-order valence-corrected chi connectivity index (χ0v) is 13.9. The summed E-state index contributed by atoms with van der Waals surface area (Å²) < 4.78 is 5.59. The van der Waals surface area contributed by atoms with E-state index in [4.69, 9.17) is 4.74 Å². The molecule has 1 unspecified atom stereocenters. The van der Waals surface area contributed by atoms with Crippen molar-refractivity contribution in [2.45, 2.75) is 19.4 Å². The van der Waals surface area contributed by atoms with Gasteiger partial charge >= 0.3 is 0 Å². The lowest BCUT2D eigenvalue weighted by Crippen LogP contribution is -2.33. The normalized spacial score (nSPS) is 17.4. The Morgan fingerprint density at radius 1 is 0.957 bits per heavy atom. The molecule has 0 aliphatic carbocycles. The lowest BCUT2D eigenvalue weighted by Gasteiger charge is -2.31. The second-order valence-electron chi connectivity index (χ2n) is 5.95. The van der Waals surface area contributed by atoms with E-state index in [1.54, 1.807) is 0 Å². The predicted octanol–water partition coefficient (Wildman–Crippen LogP) is 3.47. The monoisotopic (exact) mass is 310 g/mol. The van der Waals surface area contributed by atoms with Crippen molar-refractivity contribution in [1.82, 2.24) is 10.2 Å². The molecule has 1 atom stereocenters. The van der Waals surface area contributed by atoms with Crippen LogP contribution in [0.5, 0.6) is 5.75 Å². The van der Waals surface area contributed by atoms with Gasteiger partial charge in [0.25, 0.3) is 0 Å². The fraction of sp³-hybridized carbons (Fsp3) is 0.400. The summed E-state index contributed by atoms with van der Waals surface area (Å²) in [5.41, 5.74) is 2.69. The van der Waals surface area contributed by atoms with E-state index in [-0.39, 0.29) is 0 Å². The minimum Gasteiger partial charge on any atom is -0.494 e. The Hall–Kier alpha value is -1.84. The minimum absolute atomic E-state index is 0.312. The van der Waals surface area contributed by atoms with E-state index in [1.807, 2.05) is 6.92 Å². The summed E-state index contributed by atoms with van der Waals surface area (Å²) in [6.07, 6.45) is 1.19. The van der Waals surface area contributed by atoms with E-state index < -0.39 is 0 Å². The maximum Gasteiger partial charge on any atom is 0.119 e. The Morgan fingerprint density at radius 2 is 1.70 bits per heavy atom. The second kappa shape index (κ2) is 8.14. The smallest absolute Gasteiger partial charge is 0.119 e. The summed E-state index contributed by atoms with van der Waals surface area (Å²) in [7, 11) is 0. The fourth-order valence-electron chi connectivity index (χ4n) is 3.29. The third-order valence-electron chi connectivity index (χ3n) is 4.36. The van der Waals surface area contributed by atoms with Gasteiger partial charge in [-0.15, -0.1) is 0 Å². The van der Waals surface area contributed by atoms with Gasteiger partial charge in [-0.2, -0.15) is 0 Å². The molecule has 23 heavy (non-hydrogen) atoms. The highest BCUT2D eigenvalue weighted by molar-refractivity contribution is 5.35. The Balaban J connectivity index is 1.90. The van der Waals surface area contributed by atoms with Crippen molar-refractivity contribution >= 4 is 0 Å². The van der Waals surface area contributed by atoms with Crippen LogP contribution in [0.4, 0.5) is 0 Å². The second-order valence-corrected chi connectivity index (χ2v) is 5.95. The van der Waals surface area contributed by atoms with Crippen molar-refractivity contribution in [3.05, 3.63) is 65.7 Å². The van der Waals surface area contributed by atoms with E-state index in [9.17, 15) is 0 Å². The highest BCUT2D eigenvalue weighted by atomic mass is 16.5. The van der Waals surface area contributed by atoms with Crippen LogP contribution < -0.4 is 10.1 Å². The Bertz CT molecular complexity index is 574. The van der Waals surface area contributed by atoms with Crippen molar-refractivity contribution in [3.8, 4) is 5.75 Å². The van der Waals surface area contributed by atoms with Crippen LogP contribution in [0.25, 0.3) is 0 Å². The van der Waals surface area contributed by atoms with Crippen molar-refractivity contribution < 1.29 is 4.74 Å². The maximum absolute atomic E-state index is 5.59. The van der Waals surface area contributed by atoms with Crippen LogP contribution >= 0.6 is 0 Å². The molecule has 0 amide bonds. The summed E-state index contributed by atoms with van der Waals surface area (Å²) in [4.78, 5) is 2.59. The third kappa shape index (κ3) is 4.12. The Kier molecular flexibility index (Phi) is 5.67. The van der Waals surface area contributed by atoms with Gasteiger partial charge in [-0.25, -0.2) is 0 Å². The predicted molar refractivity (Wildman–Crippen MR) is 95.0 cm³/mol. The van der Waals surface area contributed by atoms with Gasteiger partial charge in [-0.1, -0.05) is 42.5 Å². The summed E-state index contributed by atoms with van der Waals surface area (Å²) in [6, 6.07) is 19.7. The van der Waals surface area contributed by atoms with E-state index in [0.29, 0.717) is 12.6 Å². The first-order valence-corrected chi connectivity index (χ1v) is 8.61. The molecule has 3 heteroatoms. The van der Waals surface area contributed by atoms with E-state index in [0.717, 1.165) is 31.9 Å². The molecule has 1 N–H and O–H groups in total. The van der Waals surface area contributed by atoms with Gasteiger partial charge in [0.05, 0.1) is 12.6 Å². The molecule has 0 saturated carbocycles. The summed E-state index contributed by atoms with van der Waals surface area (Å²) in [5, 5.41) is 3.50. The van der Waals surface area contributed by atoms with Gasteiger partial charge in [0.1, 0.15) is 5.75 Å². The van der Waals surface area contributed by atoms with Crippen LogP contribution in [0.1, 0.15) is 30.5 Å². The Labute approximate surface area is 139 Å². The van der Waals surface area contributed by atoms with Crippen LogP contribution in [0, 0.1) is 0 Å². The molecule has 2 aromatic carbocycles. The zero-order valence-electron chi connectivity index (χ0n) is 13.9.